The van der Waals surface area contributed by atoms with Crippen molar-refractivity contribution >= 4 is 22.9 Å². The van der Waals surface area contributed by atoms with Crippen molar-refractivity contribution in [2.24, 2.45) is 0 Å². The summed E-state index contributed by atoms with van der Waals surface area (Å²) in [5.74, 6) is 0.436. The van der Waals surface area contributed by atoms with Crippen molar-refractivity contribution in [2.75, 3.05) is 12.4 Å². The summed E-state index contributed by atoms with van der Waals surface area (Å²) in [6, 6.07) is 16.8. The van der Waals surface area contributed by atoms with Crippen LogP contribution in [-0.2, 0) is 0 Å². The molecule has 2 aromatic heterocycles. The Labute approximate surface area is 165 Å². The molecule has 0 bridgehead atoms. The van der Waals surface area contributed by atoms with E-state index in [1.807, 2.05) is 48.5 Å². The molecule has 28 heavy (non-hydrogen) atoms. The molecule has 0 unspecified atom stereocenters. The lowest BCUT2D eigenvalue weighted by atomic mass is 10.1. The summed E-state index contributed by atoms with van der Waals surface area (Å²) in [6.45, 7) is 0. The summed E-state index contributed by atoms with van der Waals surface area (Å²) < 4.78 is 5.22. The smallest absolute Gasteiger partial charge is 0.268 e. The molecular weight excluding hydrogens is 372 g/mol. The Kier molecular flexibility index (Phi) is 5.07. The molecule has 2 heterocycles. The van der Waals surface area contributed by atoms with Crippen LogP contribution in [0.4, 0.5) is 5.69 Å². The first-order valence-electron chi connectivity index (χ1n) is 8.52. The lowest BCUT2D eigenvalue weighted by Gasteiger charge is -2.07. The van der Waals surface area contributed by atoms with Crippen molar-refractivity contribution in [3.63, 3.8) is 0 Å². The molecule has 2 aromatic carbocycles. The van der Waals surface area contributed by atoms with Crippen molar-refractivity contribution in [1.82, 2.24) is 15.0 Å². The maximum Gasteiger partial charge on any atom is 0.268 e. The highest BCUT2D eigenvalue weighted by Gasteiger charge is 2.21. The van der Waals surface area contributed by atoms with E-state index in [0.717, 1.165) is 5.56 Å². The first-order valence-corrected chi connectivity index (χ1v) is 9.34. The van der Waals surface area contributed by atoms with Gasteiger partial charge in [0.1, 0.15) is 21.3 Å². The number of carbonyl (C=O) groups excluding carboxylic acids is 1. The van der Waals surface area contributed by atoms with Crippen LogP contribution in [0.5, 0.6) is 5.75 Å². The number of hydrogen-bond donors (Lipinski definition) is 1. The van der Waals surface area contributed by atoms with Gasteiger partial charge in [-0.05, 0) is 12.1 Å². The van der Waals surface area contributed by atoms with E-state index in [0.29, 0.717) is 32.7 Å². The lowest BCUT2D eigenvalue weighted by Crippen LogP contribution is -2.11. The van der Waals surface area contributed by atoms with Gasteiger partial charge in [0.25, 0.3) is 5.91 Å². The molecule has 7 heteroatoms. The first-order chi connectivity index (χ1) is 13.7. The van der Waals surface area contributed by atoms with Crippen molar-refractivity contribution in [3.8, 4) is 27.7 Å². The Balaban J connectivity index is 1.74. The summed E-state index contributed by atoms with van der Waals surface area (Å²) >= 11 is 1.29. The van der Waals surface area contributed by atoms with Gasteiger partial charge in [-0.1, -0.05) is 36.4 Å². The minimum absolute atomic E-state index is 0.236. The zero-order valence-electron chi connectivity index (χ0n) is 15.0. The standard InChI is InChI=1S/C21H16N4O2S/c1-27-16-9-5-8-15(12-16)24-20(26)19-18(14-6-3-2-4-7-14)25-21(28-19)17-13-22-10-11-23-17/h2-13H,1H3,(H,24,26). The van der Waals surface area contributed by atoms with E-state index in [1.165, 1.54) is 11.3 Å². The third-order valence-corrected chi connectivity index (χ3v) is 5.07. The molecular formula is C21H16N4O2S. The first kappa shape index (κ1) is 17.8. The van der Waals surface area contributed by atoms with Crippen LogP contribution in [0.3, 0.4) is 0 Å². The molecule has 0 saturated carbocycles. The van der Waals surface area contributed by atoms with Gasteiger partial charge >= 0.3 is 0 Å². The van der Waals surface area contributed by atoms with Crippen LogP contribution in [-0.4, -0.2) is 28.0 Å². The van der Waals surface area contributed by atoms with E-state index in [2.05, 4.69) is 20.3 Å². The molecule has 4 rings (SSSR count). The molecule has 0 spiro atoms. The van der Waals surface area contributed by atoms with E-state index in [4.69, 9.17) is 4.74 Å². The third kappa shape index (κ3) is 3.74. The second-order valence-corrected chi connectivity index (χ2v) is 6.84. The summed E-state index contributed by atoms with van der Waals surface area (Å²) in [6.07, 6.45) is 4.85. The van der Waals surface area contributed by atoms with Crippen LogP contribution >= 0.6 is 11.3 Å². The van der Waals surface area contributed by atoms with Gasteiger partial charge in [-0.15, -0.1) is 11.3 Å². The fraction of sp³-hybridized carbons (Fsp3) is 0.0476. The number of nitrogens with one attached hydrogen (secondary N) is 1. The summed E-state index contributed by atoms with van der Waals surface area (Å²) in [5.41, 5.74) is 2.76. The Morgan fingerprint density at radius 3 is 2.68 bits per heavy atom. The maximum atomic E-state index is 13.0. The van der Waals surface area contributed by atoms with Crippen LogP contribution in [0.15, 0.2) is 73.2 Å². The monoisotopic (exact) mass is 388 g/mol. The van der Waals surface area contributed by atoms with E-state index < -0.39 is 0 Å². The van der Waals surface area contributed by atoms with Crippen molar-refractivity contribution in [1.29, 1.82) is 0 Å². The number of methoxy groups -OCH3 is 1. The van der Waals surface area contributed by atoms with Gasteiger partial charge in [0.2, 0.25) is 0 Å². The molecule has 6 nitrogen and oxygen atoms in total. The number of benzene rings is 2. The minimum atomic E-state index is -0.236. The molecule has 0 saturated heterocycles. The zero-order chi connectivity index (χ0) is 19.3. The average Bonchev–Trinajstić information content (AvgIpc) is 3.21. The molecule has 0 aliphatic carbocycles. The Hall–Kier alpha value is -3.58. The number of anilines is 1. The third-order valence-electron chi connectivity index (χ3n) is 3.99. The van der Waals surface area contributed by atoms with Crippen molar-refractivity contribution in [2.45, 2.75) is 0 Å². The summed E-state index contributed by atoms with van der Waals surface area (Å²) in [4.78, 5) is 26.6. The topological polar surface area (TPSA) is 77.0 Å². The average molecular weight is 388 g/mol. The molecule has 138 valence electrons. The Morgan fingerprint density at radius 1 is 1.07 bits per heavy atom. The van der Waals surface area contributed by atoms with E-state index in [-0.39, 0.29) is 5.91 Å². The molecule has 1 amide bonds. The number of nitrogens with zero attached hydrogens (tertiary/aromatic N) is 3. The minimum Gasteiger partial charge on any atom is -0.497 e. The zero-order valence-corrected chi connectivity index (χ0v) is 15.8. The van der Waals surface area contributed by atoms with E-state index in [1.54, 1.807) is 31.8 Å². The van der Waals surface area contributed by atoms with E-state index >= 15 is 0 Å². The van der Waals surface area contributed by atoms with Gasteiger partial charge in [-0.3, -0.25) is 14.8 Å². The van der Waals surface area contributed by atoms with Crippen molar-refractivity contribution < 1.29 is 9.53 Å². The predicted octanol–water partition coefficient (Wildman–Crippen LogP) is 4.53. The highest BCUT2D eigenvalue weighted by Crippen LogP contribution is 2.33. The lowest BCUT2D eigenvalue weighted by molar-refractivity contribution is 0.103. The maximum absolute atomic E-state index is 13.0. The van der Waals surface area contributed by atoms with Gasteiger partial charge in [0.15, 0.2) is 0 Å². The number of thiazole rings is 1. The molecule has 0 fully saturated rings. The molecule has 0 radical (unpaired) electrons. The fourth-order valence-electron chi connectivity index (χ4n) is 2.67. The molecule has 1 N–H and O–H groups in total. The van der Waals surface area contributed by atoms with Gasteiger partial charge in [0.05, 0.1) is 19.0 Å². The second kappa shape index (κ2) is 7.98. The fourth-order valence-corrected chi connectivity index (χ4v) is 3.62. The Bertz CT molecular complexity index is 1100. The molecule has 0 atom stereocenters. The van der Waals surface area contributed by atoms with Crippen LogP contribution in [0.2, 0.25) is 0 Å². The number of hydrogen-bond acceptors (Lipinski definition) is 6. The van der Waals surface area contributed by atoms with Crippen LogP contribution in [0, 0.1) is 0 Å². The summed E-state index contributed by atoms with van der Waals surface area (Å²) in [7, 11) is 1.59. The van der Waals surface area contributed by atoms with E-state index in [9.17, 15) is 4.79 Å². The SMILES string of the molecule is COc1cccc(NC(=O)c2sc(-c3cnccn3)nc2-c2ccccc2)c1. The highest BCUT2D eigenvalue weighted by molar-refractivity contribution is 7.17. The van der Waals surface area contributed by atoms with Gasteiger partial charge in [0, 0.05) is 29.7 Å². The molecule has 0 aliphatic rings. The number of aromatic nitrogens is 3. The van der Waals surface area contributed by atoms with Crippen LogP contribution in [0.25, 0.3) is 22.0 Å². The quantitative estimate of drug-likeness (QED) is 0.544. The largest absolute Gasteiger partial charge is 0.497 e. The molecule has 4 aromatic rings. The number of rotatable bonds is 5. The van der Waals surface area contributed by atoms with Crippen molar-refractivity contribution in [3.05, 3.63) is 78.1 Å². The molecule has 0 aliphatic heterocycles. The number of ether oxygens (including phenoxy) is 1. The normalized spacial score (nSPS) is 10.5. The number of amides is 1. The van der Waals surface area contributed by atoms with Gasteiger partial charge in [-0.2, -0.15) is 0 Å². The highest BCUT2D eigenvalue weighted by atomic mass is 32.1. The summed E-state index contributed by atoms with van der Waals surface area (Å²) in [5, 5.41) is 3.56. The predicted molar refractivity (Wildman–Crippen MR) is 110 cm³/mol. The van der Waals surface area contributed by atoms with Crippen LogP contribution in [0.1, 0.15) is 9.67 Å². The number of carbonyl (C=O) groups is 1. The van der Waals surface area contributed by atoms with Crippen LogP contribution < -0.4 is 10.1 Å². The van der Waals surface area contributed by atoms with Gasteiger partial charge < -0.3 is 10.1 Å². The van der Waals surface area contributed by atoms with Gasteiger partial charge in [-0.25, -0.2) is 4.98 Å². The Morgan fingerprint density at radius 2 is 1.93 bits per heavy atom. The second-order valence-electron chi connectivity index (χ2n) is 5.84.